The zero-order valence-electron chi connectivity index (χ0n) is 13.6. The monoisotopic (exact) mass is 350 g/mol. The van der Waals surface area contributed by atoms with Crippen molar-refractivity contribution in [3.63, 3.8) is 0 Å². The summed E-state index contributed by atoms with van der Waals surface area (Å²) in [6.07, 6.45) is 0. The summed E-state index contributed by atoms with van der Waals surface area (Å²) >= 11 is 3.04. The summed E-state index contributed by atoms with van der Waals surface area (Å²) in [6, 6.07) is 0.178. The molecule has 3 aromatic rings. The number of aryl methyl sites for hydroxylation is 2. The lowest BCUT2D eigenvalue weighted by Crippen LogP contribution is -2.13. The van der Waals surface area contributed by atoms with E-state index in [1.807, 2.05) is 34.6 Å². The Morgan fingerprint density at radius 3 is 2.70 bits per heavy atom. The van der Waals surface area contributed by atoms with E-state index in [9.17, 15) is 4.79 Å². The molecule has 0 fully saturated rings. The van der Waals surface area contributed by atoms with Gasteiger partial charge < -0.3 is 4.98 Å². The van der Waals surface area contributed by atoms with Gasteiger partial charge in [-0.1, -0.05) is 11.8 Å². The fourth-order valence-corrected chi connectivity index (χ4v) is 4.28. The molecule has 0 amide bonds. The van der Waals surface area contributed by atoms with Gasteiger partial charge in [0.05, 0.1) is 16.7 Å². The summed E-state index contributed by atoms with van der Waals surface area (Å²) in [5.41, 5.74) is 0.928. The standard InChI is InChI=1S/C14H18N6OS2/c1-6(2)20-14(17-18-19-20)23-9(5)11-15-12(21)10-7(3)8(4)22-13(10)16-11/h6,9H,1-5H3,(H,15,16,21). The number of rotatable bonds is 4. The van der Waals surface area contributed by atoms with Gasteiger partial charge in [-0.3, -0.25) is 4.79 Å². The van der Waals surface area contributed by atoms with E-state index in [4.69, 9.17) is 0 Å². The lowest BCUT2D eigenvalue weighted by molar-refractivity contribution is 0.477. The normalized spacial score (nSPS) is 13.1. The average Bonchev–Trinajstić information content (AvgIpc) is 3.04. The van der Waals surface area contributed by atoms with Crippen LogP contribution < -0.4 is 5.56 Å². The van der Waals surface area contributed by atoms with Crippen LogP contribution in [0.2, 0.25) is 0 Å². The van der Waals surface area contributed by atoms with Crippen molar-refractivity contribution >= 4 is 33.3 Å². The molecule has 3 heterocycles. The smallest absolute Gasteiger partial charge is 0.259 e. The molecule has 3 aromatic heterocycles. The zero-order chi connectivity index (χ0) is 16.7. The van der Waals surface area contributed by atoms with Crippen LogP contribution in [-0.4, -0.2) is 30.2 Å². The summed E-state index contributed by atoms with van der Waals surface area (Å²) in [6.45, 7) is 10.00. The topological polar surface area (TPSA) is 89.3 Å². The van der Waals surface area contributed by atoms with Gasteiger partial charge >= 0.3 is 0 Å². The van der Waals surface area contributed by atoms with Crippen LogP contribution in [0.3, 0.4) is 0 Å². The molecule has 9 heteroatoms. The second kappa shape index (κ2) is 6.04. The van der Waals surface area contributed by atoms with E-state index < -0.39 is 0 Å². The van der Waals surface area contributed by atoms with Crippen molar-refractivity contribution in [1.29, 1.82) is 0 Å². The number of aromatic nitrogens is 6. The minimum atomic E-state index is -0.0808. The third-order valence-electron chi connectivity index (χ3n) is 3.68. The number of thiophene rings is 1. The first-order valence-electron chi connectivity index (χ1n) is 7.33. The van der Waals surface area contributed by atoms with Crippen LogP contribution in [0, 0.1) is 13.8 Å². The Balaban J connectivity index is 1.96. The largest absolute Gasteiger partial charge is 0.309 e. The number of tetrazole rings is 1. The number of aromatic amines is 1. The summed E-state index contributed by atoms with van der Waals surface area (Å²) in [5.74, 6) is 0.645. The maximum atomic E-state index is 12.4. The van der Waals surface area contributed by atoms with Gasteiger partial charge in [0.2, 0.25) is 5.16 Å². The first-order valence-corrected chi connectivity index (χ1v) is 9.02. The summed E-state index contributed by atoms with van der Waals surface area (Å²) in [7, 11) is 0. The molecule has 0 saturated carbocycles. The molecule has 0 aliphatic heterocycles. The highest BCUT2D eigenvalue weighted by Crippen LogP contribution is 2.33. The lowest BCUT2D eigenvalue weighted by Gasteiger charge is -2.11. The highest BCUT2D eigenvalue weighted by Gasteiger charge is 2.19. The van der Waals surface area contributed by atoms with Crippen molar-refractivity contribution < 1.29 is 0 Å². The molecule has 0 bridgehead atoms. The van der Waals surface area contributed by atoms with Gasteiger partial charge in [-0.15, -0.1) is 16.4 Å². The fraction of sp³-hybridized carbons (Fsp3) is 0.500. The number of fused-ring (bicyclic) bond motifs is 1. The summed E-state index contributed by atoms with van der Waals surface area (Å²) in [4.78, 5) is 21.8. The third-order valence-corrected chi connectivity index (χ3v) is 5.83. The van der Waals surface area contributed by atoms with Crippen molar-refractivity contribution in [1.82, 2.24) is 30.2 Å². The molecule has 0 saturated heterocycles. The van der Waals surface area contributed by atoms with Crippen molar-refractivity contribution in [2.75, 3.05) is 0 Å². The molecule has 0 aliphatic rings. The maximum absolute atomic E-state index is 12.4. The number of nitrogens with zero attached hydrogens (tertiary/aromatic N) is 5. The summed E-state index contributed by atoms with van der Waals surface area (Å²) in [5, 5.41) is 13.1. The molecule has 1 unspecified atom stereocenters. The van der Waals surface area contributed by atoms with E-state index in [2.05, 4.69) is 25.5 Å². The average molecular weight is 350 g/mol. The van der Waals surface area contributed by atoms with Gasteiger partial charge in [-0.05, 0) is 50.6 Å². The van der Waals surface area contributed by atoms with E-state index in [0.717, 1.165) is 15.3 Å². The van der Waals surface area contributed by atoms with E-state index in [-0.39, 0.29) is 16.9 Å². The predicted octanol–water partition coefficient (Wildman–Crippen LogP) is 3.02. The Kier molecular flexibility index (Phi) is 4.24. The second-order valence-corrected chi connectivity index (χ2v) is 8.19. The number of hydrogen-bond acceptors (Lipinski definition) is 7. The van der Waals surface area contributed by atoms with Gasteiger partial charge in [-0.25, -0.2) is 9.67 Å². The van der Waals surface area contributed by atoms with Crippen molar-refractivity contribution in [3.8, 4) is 0 Å². The second-order valence-electron chi connectivity index (χ2n) is 5.67. The Morgan fingerprint density at radius 2 is 2.00 bits per heavy atom. The van der Waals surface area contributed by atoms with E-state index in [1.54, 1.807) is 16.0 Å². The Labute approximate surface area is 141 Å². The van der Waals surface area contributed by atoms with Crippen LogP contribution in [0.4, 0.5) is 0 Å². The lowest BCUT2D eigenvalue weighted by atomic mass is 10.2. The molecule has 3 rings (SSSR count). The molecular weight excluding hydrogens is 332 g/mol. The van der Waals surface area contributed by atoms with E-state index >= 15 is 0 Å². The quantitative estimate of drug-likeness (QED) is 0.728. The van der Waals surface area contributed by atoms with E-state index in [1.165, 1.54) is 11.8 Å². The molecular formula is C14H18N6OS2. The van der Waals surface area contributed by atoms with Gasteiger partial charge in [-0.2, -0.15) is 0 Å². The molecule has 0 spiro atoms. The molecule has 7 nitrogen and oxygen atoms in total. The third kappa shape index (κ3) is 2.90. The van der Waals surface area contributed by atoms with Crippen LogP contribution in [0.25, 0.3) is 10.2 Å². The molecule has 0 radical (unpaired) electrons. The predicted molar refractivity (Wildman–Crippen MR) is 92.2 cm³/mol. The first kappa shape index (κ1) is 16.1. The van der Waals surface area contributed by atoms with Gasteiger partial charge in [0, 0.05) is 4.88 Å². The Hall–Kier alpha value is -1.74. The summed E-state index contributed by atoms with van der Waals surface area (Å²) < 4.78 is 1.76. The SMILES string of the molecule is Cc1sc2nc(C(C)Sc3nnnn3C(C)C)[nH]c(=O)c2c1C. The van der Waals surface area contributed by atoms with Crippen molar-refractivity contribution in [2.24, 2.45) is 0 Å². The zero-order valence-corrected chi connectivity index (χ0v) is 15.2. The maximum Gasteiger partial charge on any atom is 0.259 e. The minimum Gasteiger partial charge on any atom is -0.309 e. The molecule has 1 N–H and O–H groups in total. The van der Waals surface area contributed by atoms with Crippen molar-refractivity contribution in [2.45, 2.75) is 51.1 Å². The molecule has 122 valence electrons. The number of H-pyrrole nitrogens is 1. The fourth-order valence-electron chi connectivity index (χ4n) is 2.26. The highest BCUT2D eigenvalue weighted by molar-refractivity contribution is 7.99. The van der Waals surface area contributed by atoms with Gasteiger partial charge in [0.15, 0.2) is 0 Å². The minimum absolute atomic E-state index is 0.0571. The van der Waals surface area contributed by atoms with Gasteiger partial charge in [0.25, 0.3) is 5.56 Å². The molecule has 0 aromatic carbocycles. The van der Waals surface area contributed by atoms with E-state index in [0.29, 0.717) is 16.4 Å². The van der Waals surface area contributed by atoms with Crippen molar-refractivity contribution in [3.05, 3.63) is 26.6 Å². The van der Waals surface area contributed by atoms with Crippen LogP contribution in [-0.2, 0) is 0 Å². The molecule has 0 aliphatic carbocycles. The Bertz CT molecular complexity index is 910. The Morgan fingerprint density at radius 1 is 1.26 bits per heavy atom. The van der Waals surface area contributed by atoms with Crippen LogP contribution in [0.5, 0.6) is 0 Å². The first-order chi connectivity index (χ1) is 10.9. The number of nitrogens with one attached hydrogen (secondary N) is 1. The van der Waals surface area contributed by atoms with Crippen LogP contribution in [0.1, 0.15) is 48.3 Å². The molecule has 23 heavy (non-hydrogen) atoms. The molecule has 1 atom stereocenters. The van der Waals surface area contributed by atoms with Gasteiger partial charge in [0.1, 0.15) is 10.7 Å². The highest BCUT2D eigenvalue weighted by atomic mass is 32.2. The number of thioether (sulfide) groups is 1. The number of hydrogen-bond donors (Lipinski definition) is 1. The van der Waals surface area contributed by atoms with Crippen LogP contribution >= 0.6 is 23.1 Å². The van der Waals surface area contributed by atoms with Crippen LogP contribution in [0.15, 0.2) is 9.95 Å².